The first kappa shape index (κ1) is 8.02. The zero-order valence-corrected chi connectivity index (χ0v) is 6.98. The molecule has 0 heterocycles. The average molecular weight is 142 g/mol. The highest BCUT2D eigenvalue weighted by atomic mass is 15.0. The van der Waals surface area contributed by atoms with Gasteiger partial charge in [0.15, 0.2) is 0 Å². The summed E-state index contributed by atoms with van der Waals surface area (Å²) in [6.45, 7) is 4.57. The van der Waals surface area contributed by atoms with E-state index in [0.29, 0.717) is 0 Å². The van der Waals surface area contributed by atoms with E-state index < -0.39 is 0 Å². The summed E-state index contributed by atoms with van der Waals surface area (Å²) >= 11 is 0. The molecule has 0 aromatic rings. The van der Waals surface area contributed by atoms with Crippen molar-refractivity contribution in [3.63, 3.8) is 0 Å². The van der Waals surface area contributed by atoms with Gasteiger partial charge in [-0.05, 0) is 38.9 Å². The molecule has 0 bridgehead atoms. The summed E-state index contributed by atoms with van der Waals surface area (Å²) in [5, 5.41) is 6.67. The van der Waals surface area contributed by atoms with Crippen LogP contribution in [0.1, 0.15) is 19.8 Å². The molecule has 1 rings (SSSR count). The first-order valence-electron chi connectivity index (χ1n) is 4.21. The van der Waals surface area contributed by atoms with Gasteiger partial charge in [-0.15, -0.1) is 0 Å². The van der Waals surface area contributed by atoms with Crippen molar-refractivity contribution in [3.8, 4) is 0 Å². The van der Waals surface area contributed by atoms with Crippen LogP contribution in [-0.2, 0) is 0 Å². The Balaban J connectivity index is 1.89. The van der Waals surface area contributed by atoms with Crippen molar-refractivity contribution in [3.05, 3.63) is 0 Å². The molecule has 0 aliphatic heterocycles. The van der Waals surface area contributed by atoms with Crippen molar-refractivity contribution in [2.45, 2.75) is 25.8 Å². The second-order valence-corrected chi connectivity index (χ2v) is 3.35. The van der Waals surface area contributed by atoms with Crippen LogP contribution in [0.5, 0.6) is 0 Å². The maximum Gasteiger partial charge on any atom is 0.00683 e. The maximum atomic E-state index is 3.50. The first-order chi connectivity index (χ1) is 4.83. The molecule has 0 aromatic heterocycles. The van der Waals surface area contributed by atoms with Gasteiger partial charge in [0.05, 0.1) is 0 Å². The quantitative estimate of drug-likeness (QED) is 0.587. The van der Waals surface area contributed by atoms with E-state index in [-0.39, 0.29) is 0 Å². The Hall–Kier alpha value is -0.0800. The number of nitrogens with one attached hydrogen (secondary N) is 2. The monoisotopic (exact) mass is 142 g/mol. The Kier molecular flexibility index (Phi) is 3.16. The lowest BCUT2D eigenvalue weighted by Crippen LogP contribution is -2.28. The molecule has 10 heavy (non-hydrogen) atoms. The van der Waals surface area contributed by atoms with Gasteiger partial charge >= 0.3 is 0 Å². The highest BCUT2D eigenvalue weighted by Crippen LogP contribution is 2.18. The van der Waals surface area contributed by atoms with E-state index in [1.807, 2.05) is 7.05 Å². The normalized spacial score (nSPS) is 21.0. The minimum absolute atomic E-state index is 0.769. The minimum atomic E-state index is 0.769. The molecule has 0 aromatic carbocycles. The van der Waals surface area contributed by atoms with Crippen LogP contribution in [0.4, 0.5) is 0 Å². The van der Waals surface area contributed by atoms with Crippen LogP contribution in [0.25, 0.3) is 0 Å². The van der Waals surface area contributed by atoms with Crippen molar-refractivity contribution in [2.24, 2.45) is 5.92 Å². The van der Waals surface area contributed by atoms with Gasteiger partial charge in [-0.3, -0.25) is 0 Å². The minimum Gasteiger partial charge on any atom is -0.319 e. The fraction of sp³-hybridized carbons (Fsp3) is 1.00. The molecule has 1 saturated carbocycles. The van der Waals surface area contributed by atoms with E-state index in [9.17, 15) is 0 Å². The third-order valence-corrected chi connectivity index (χ3v) is 1.88. The highest BCUT2D eigenvalue weighted by molar-refractivity contribution is 4.81. The molecule has 0 amide bonds. The van der Waals surface area contributed by atoms with Gasteiger partial charge in [0.2, 0.25) is 0 Å². The molecule has 60 valence electrons. The second kappa shape index (κ2) is 3.94. The van der Waals surface area contributed by atoms with Gasteiger partial charge in [-0.2, -0.15) is 0 Å². The standard InChI is InChI=1S/C8H18N2/c1-7(5-9-2)6-10-8-3-4-8/h7-10H,3-6H2,1-2H3. The smallest absolute Gasteiger partial charge is 0.00683 e. The summed E-state index contributed by atoms with van der Waals surface area (Å²) in [5.41, 5.74) is 0. The number of rotatable bonds is 5. The number of hydrogen-bond donors (Lipinski definition) is 2. The summed E-state index contributed by atoms with van der Waals surface area (Å²) in [7, 11) is 2.01. The van der Waals surface area contributed by atoms with Gasteiger partial charge in [0, 0.05) is 6.04 Å². The van der Waals surface area contributed by atoms with Crippen LogP contribution in [0.3, 0.4) is 0 Å². The van der Waals surface area contributed by atoms with Gasteiger partial charge in [-0.25, -0.2) is 0 Å². The van der Waals surface area contributed by atoms with Gasteiger partial charge in [0.1, 0.15) is 0 Å². The fourth-order valence-electron chi connectivity index (χ4n) is 1.08. The van der Waals surface area contributed by atoms with Crippen LogP contribution in [0.15, 0.2) is 0 Å². The Morgan fingerprint density at radius 3 is 2.60 bits per heavy atom. The molecule has 0 radical (unpaired) electrons. The molecule has 2 N–H and O–H groups in total. The van der Waals surface area contributed by atoms with Crippen LogP contribution in [-0.4, -0.2) is 26.2 Å². The van der Waals surface area contributed by atoms with E-state index in [2.05, 4.69) is 17.6 Å². The molecule has 2 nitrogen and oxygen atoms in total. The summed E-state index contributed by atoms with van der Waals surface area (Å²) in [4.78, 5) is 0. The Labute approximate surface area is 63.4 Å². The van der Waals surface area contributed by atoms with E-state index in [1.165, 1.54) is 19.4 Å². The lowest BCUT2D eigenvalue weighted by atomic mass is 10.2. The molecular formula is C8H18N2. The molecule has 1 fully saturated rings. The third-order valence-electron chi connectivity index (χ3n) is 1.88. The first-order valence-corrected chi connectivity index (χ1v) is 4.21. The lowest BCUT2D eigenvalue weighted by Gasteiger charge is -2.10. The molecule has 0 saturated heterocycles. The van der Waals surface area contributed by atoms with E-state index in [1.54, 1.807) is 0 Å². The SMILES string of the molecule is CNCC(C)CNC1CC1. The van der Waals surface area contributed by atoms with Crippen LogP contribution in [0.2, 0.25) is 0 Å². The van der Waals surface area contributed by atoms with E-state index in [4.69, 9.17) is 0 Å². The van der Waals surface area contributed by atoms with Gasteiger partial charge in [-0.1, -0.05) is 6.92 Å². The van der Waals surface area contributed by atoms with Gasteiger partial charge < -0.3 is 10.6 Å². The lowest BCUT2D eigenvalue weighted by molar-refractivity contribution is 0.490. The Bertz CT molecular complexity index is 89.3. The largest absolute Gasteiger partial charge is 0.319 e. The molecule has 1 aliphatic rings. The van der Waals surface area contributed by atoms with Crippen LogP contribution in [0, 0.1) is 5.92 Å². The molecule has 2 heteroatoms. The predicted molar refractivity (Wildman–Crippen MR) is 44.1 cm³/mol. The molecule has 1 aliphatic carbocycles. The van der Waals surface area contributed by atoms with Crippen LogP contribution >= 0.6 is 0 Å². The third kappa shape index (κ3) is 3.18. The number of hydrogen-bond acceptors (Lipinski definition) is 2. The molecule has 0 spiro atoms. The van der Waals surface area contributed by atoms with Crippen molar-refractivity contribution < 1.29 is 0 Å². The summed E-state index contributed by atoms with van der Waals surface area (Å²) in [5.74, 6) is 0.769. The molecule has 1 unspecified atom stereocenters. The Morgan fingerprint density at radius 1 is 1.40 bits per heavy atom. The summed E-state index contributed by atoms with van der Waals surface area (Å²) in [6, 6.07) is 0.860. The average Bonchev–Trinajstić information content (AvgIpc) is 2.67. The predicted octanol–water partition coefficient (Wildman–Crippen LogP) is 0.594. The Morgan fingerprint density at radius 2 is 2.10 bits per heavy atom. The van der Waals surface area contributed by atoms with Crippen molar-refractivity contribution >= 4 is 0 Å². The molecular weight excluding hydrogens is 124 g/mol. The zero-order chi connectivity index (χ0) is 7.40. The van der Waals surface area contributed by atoms with Gasteiger partial charge in [0.25, 0.3) is 0 Å². The van der Waals surface area contributed by atoms with Crippen molar-refractivity contribution in [1.82, 2.24) is 10.6 Å². The second-order valence-electron chi connectivity index (χ2n) is 3.35. The molecule has 1 atom stereocenters. The summed E-state index contributed by atoms with van der Waals surface area (Å²) < 4.78 is 0. The van der Waals surface area contributed by atoms with Crippen molar-refractivity contribution in [2.75, 3.05) is 20.1 Å². The maximum absolute atomic E-state index is 3.50. The fourth-order valence-corrected chi connectivity index (χ4v) is 1.08. The highest BCUT2D eigenvalue weighted by Gasteiger charge is 2.20. The zero-order valence-electron chi connectivity index (χ0n) is 6.98. The topological polar surface area (TPSA) is 24.1 Å². The van der Waals surface area contributed by atoms with Crippen molar-refractivity contribution in [1.29, 1.82) is 0 Å². The summed E-state index contributed by atoms with van der Waals surface area (Å²) in [6.07, 6.45) is 2.79. The van der Waals surface area contributed by atoms with E-state index >= 15 is 0 Å². The van der Waals surface area contributed by atoms with E-state index in [0.717, 1.165) is 18.5 Å². The van der Waals surface area contributed by atoms with Crippen LogP contribution < -0.4 is 10.6 Å².